The molecule has 5 nitrogen and oxygen atoms in total. The lowest BCUT2D eigenvalue weighted by molar-refractivity contribution is -0.121. The van der Waals surface area contributed by atoms with E-state index in [2.05, 4.69) is 0 Å². The molecule has 0 aliphatic carbocycles. The van der Waals surface area contributed by atoms with Crippen LogP contribution in [0.3, 0.4) is 0 Å². The maximum Gasteiger partial charge on any atom is 0.265 e. The molecule has 0 unspecified atom stereocenters. The van der Waals surface area contributed by atoms with Gasteiger partial charge in [-0.1, -0.05) is 6.07 Å². The minimum Gasteiger partial charge on any atom is -0.482 e. The van der Waals surface area contributed by atoms with Crippen molar-refractivity contribution in [2.75, 3.05) is 18.1 Å². The average Bonchev–Trinajstić information content (AvgIpc) is 2.32. The largest absolute Gasteiger partial charge is 0.482 e. The van der Waals surface area contributed by atoms with Crippen molar-refractivity contribution in [3.05, 3.63) is 23.8 Å². The van der Waals surface area contributed by atoms with Gasteiger partial charge >= 0.3 is 0 Å². The van der Waals surface area contributed by atoms with Crippen molar-refractivity contribution < 1.29 is 9.53 Å². The zero-order valence-electron chi connectivity index (χ0n) is 8.64. The molecule has 1 amide bonds. The molecule has 0 saturated carbocycles. The van der Waals surface area contributed by atoms with E-state index in [0.717, 1.165) is 5.56 Å². The first-order chi connectivity index (χ1) is 7.76. The van der Waals surface area contributed by atoms with E-state index in [1.54, 1.807) is 12.1 Å². The highest BCUT2D eigenvalue weighted by Crippen LogP contribution is 2.32. The highest BCUT2D eigenvalue weighted by atomic mass is 16.5. The zero-order chi connectivity index (χ0) is 11.5. The number of nitrogens with two attached hydrogens (primary N) is 1. The average molecular weight is 217 g/mol. The van der Waals surface area contributed by atoms with Crippen LogP contribution >= 0.6 is 0 Å². The van der Waals surface area contributed by atoms with Crippen molar-refractivity contribution in [1.29, 1.82) is 5.26 Å². The van der Waals surface area contributed by atoms with Crippen LogP contribution in [0.2, 0.25) is 0 Å². The summed E-state index contributed by atoms with van der Waals surface area (Å²) in [6.07, 6.45) is 0. The van der Waals surface area contributed by atoms with Gasteiger partial charge in [0.1, 0.15) is 12.3 Å². The number of fused-ring (bicyclic) bond motifs is 1. The fraction of sp³-hybridized carbons (Fsp3) is 0.273. The molecule has 5 heteroatoms. The smallest absolute Gasteiger partial charge is 0.265 e. The molecule has 0 saturated heterocycles. The SMILES string of the molecule is N#CCN1C(=O)COc2cc(CN)ccc21. The molecule has 2 N–H and O–H groups in total. The number of carbonyl (C=O) groups excluding carboxylic acids is 1. The van der Waals surface area contributed by atoms with E-state index in [4.69, 9.17) is 15.7 Å². The van der Waals surface area contributed by atoms with Gasteiger partial charge in [-0.15, -0.1) is 0 Å². The van der Waals surface area contributed by atoms with Gasteiger partial charge in [-0.05, 0) is 17.7 Å². The van der Waals surface area contributed by atoms with E-state index < -0.39 is 0 Å². The Balaban J connectivity index is 2.41. The van der Waals surface area contributed by atoms with Crippen molar-refractivity contribution in [1.82, 2.24) is 0 Å². The maximum atomic E-state index is 11.5. The molecule has 0 spiro atoms. The van der Waals surface area contributed by atoms with Gasteiger partial charge in [0.25, 0.3) is 5.91 Å². The predicted octanol–water partition coefficient (Wildman–Crippen LogP) is 0.394. The third-order valence-electron chi connectivity index (χ3n) is 2.43. The number of hydrogen-bond donors (Lipinski definition) is 1. The number of carbonyl (C=O) groups is 1. The summed E-state index contributed by atoms with van der Waals surface area (Å²) in [5, 5.41) is 8.66. The Bertz CT molecular complexity index is 465. The number of hydrogen-bond acceptors (Lipinski definition) is 4. The standard InChI is InChI=1S/C11H11N3O2/c12-3-4-14-9-2-1-8(6-13)5-10(9)16-7-11(14)15/h1-2,5H,4,6-7,13H2. The molecule has 82 valence electrons. The highest BCUT2D eigenvalue weighted by molar-refractivity contribution is 5.98. The lowest BCUT2D eigenvalue weighted by atomic mass is 10.1. The summed E-state index contributed by atoms with van der Waals surface area (Å²) in [5.74, 6) is 0.410. The molecular formula is C11H11N3O2. The Morgan fingerprint density at radius 1 is 1.56 bits per heavy atom. The Morgan fingerprint density at radius 2 is 2.38 bits per heavy atom. The Morgan fingerprint density at radius 3 is 3.06 bits per heavy atom. The normalized spacial score (nSPS) is 14.0. The van der Waals surface area contributed by atoms with Crippen LogP contribution in [-0.2, 0) is 11.3 Å². The van der Waals surface area contributed by atoms with E-state index in [0.29, 0.717) is 18.0 Å². The molecule has 0 bridgehead atoms. The molecule has 1 aromatic carbocycles. The van der Waals surface area contributed by atoms with Crippen LogP contribution in [-0.4, -0.2) is 19.1 Å². The molecule has 16 heavy (non-hydrogen) atoms. The van der Waals surface area contributed by atoms with Gasteiger partial charge in [0.15, 0.2) is 6.61 Å². The topological polar surface area (TPSA) is 79.3 Å². The lowest BCUT2D eigenvalue weighted by Crippen LogP contribution is -2.39. The summed E-state index contributed by atoms with van der Waals surface area (Å²) in [6.45, 7) is 0.433. The van der Waals surface area contributed by atoms with Crippen molar-refractivity contribution in [3.8, 4) is 11.8 Å². The second-order valence-corrected chi connectivity index (χ2v) is 3.43. The van der Waals surface area contributed by atoms with Gasteiger partial charge in [-0.2, -0.15) is 5.26 Å². The minimum atomic E-state index is -0.199. The molecular weight excluding hydrogens is 206 g/mol. The number of amides is 1. The second-order valence-electron chi connectivity index (χ2n) is 3.43. The van der Waals surface area contributed by atoms with Gasteiger partial charge in [-0.3, -0.25) is 9.69 Å². The third kappa shape index (κ3) is 1.71. The minimum absolute atomic E-state index is 0.0251. The van der Waals surface area contributed by atoms with Gasteiger partial charge in [0, 0.05) is 6.54 Å². The molecule has 0 aromatic heterocycles. The highest BCUT2D eigenvalue weighted by Gasteiger charge is 2.25. The quantitative estimate of drug-likeness (QED) is 0.727. The lowest BCUT2D eigenvalue weighted by Gasteiger charge is -2.27. The fourth-order valence-electron chi connectivity index (χ4n) is 1.62. The van der Waals surface area contributed by atoms with E-state index in [9.17, 15) is 4.79 Å². The zero-order valence-corrected chi connectivity index (χ0v) is 8.64. The molecule has 0 fully saturated rings. The number of rotatable bonds is 2. The Hall–Kier alpha value is -2.06. The van der Waals surface area contributed by atoms with Crippen LogP contribution in [0.25, 0.3) is 0 Å². The number of anilines is 1. The van der Waals surface area contributed by atoms with E-state index in [-0.39, 0.29) is 19.1 Å². The molecule has 0 atom stereocenters. The van der Waals surface area contributed by atoms with E-state index in [1.165, 1.54) is 4.90 Å². The number of nitrogens with zero attached hydrogens (tertiary/aromatic N) is 2. The molecule has 1 heterocycles. The second kappa shape index (κ2) is 4.21. The number of benzene rings is 1. The first kappa shape index (κ1) is 10.5. The molecule has 1 aromatic rings. The first-order valence-electron chi connectivity index (χ1n) is 4.89. The van der Waals surface area contributed by atoms with Crippen LogP contribution in [0.5, 0.6) is 5.75 Å². The molecule has 0 radical (unpaired) electrons. The summed E-state index contributed by atoms with van der Waals surface area (Å²) in [5.41, 5.74) is 7.08. The van der Waals surface area contributed by atoms with Gasteiger partial charge < -0.3 is 10.5 Å². The molecule has 1 aliphatic rings. The summed E-state index contributed by atoms with van der Waals surface area (Å²) in [7, 11) is 0. The van der Waals surface area contributed by atoms with Crippen LogP contribution in [0, 0.1) is 11.3 Å². The van der Waals surface area contributed by atoms with E-state index >= 15 is 0 Å². The van der Waals surface area contributed by atoms with Crippen molar-refractivity contribution in [2.24, 2.45) is 5.73 Å². The van der Waals surface area contributed by atoms with Gasteiger partial charge in [0.05, 0.1) is 11.8 Å². The number of ether oxygens (including phenoxy) is 1. The van der Waals surface area contributed by atoms with Crippen LogP contribution in [0.4, 0.5) is 5.69 Å². The molecule has 1 aliphatic heterocycles. The Labute approximate surface area is 93.0 Å². The van der Waals surface area contributed by atoms with Crippen LogP contribution < -0.4 is 15.4 Å². The summed E-state index contributed by atoms with van der Waals surface area (Å²) >= 11 is 0. The van der Waals surface area contributed by atoms with Gasteiger partial charge in [0.2, 0.25) is 0 Å². The van der Waals surface area contributed by atoms with Crippen LogP contribution in [0.15, 0.2) is 18.2 Å². The van der Waals surface area contributed by atoms with Crippen molar-refractivity contribution >= 4 is 11.6 Å². The Kier molecular flexibility index (Phi) is 2.75. The maximum absolute atomic E-state index is 11.5. The third-order valence-corrected chi connectivity index (χ3v) is 2.43. The van der Waals surface area contributed by atoms with Crippen molar-refractivity contribution in [2.45, 2.75) is 6.54 Å². The first-order valence-corrected chi connectivity index (χ1v) is 4.89. The summed E-state index contributed by atoms with van der Waals surface area (Å²) < 4.78 is 5.30. The monoisotopic (exact) mass is 217 g/mol. The van der Waals surface area contributed by atoms with Crippen LogP contribution in [0.1, 0.15) is 5.56 Å². The number of nitriles is 1. The molecule has 2 rings (SSSR count). The van der Waals surface area contributed by atoms with Crippen molar-refractivity contribution in [3.63, 3.8) is 0 Å². The van der Waals surface area contributed by atoms with Gasteiger partial charge in [-0.25, -0.2) is 0 Å². The van der Waals surface area contributed by atoms with E-state index in [1.807, 2.05) is 12.1 Å². The fourth-order valence-corrected chi connectivity index (χ4v) is 1.62. The predicted molar refractivity (Wildman–Crippen MR) is 57.8 cm³/mol. The summed E-state index contributed by atoms with van der Waals surface area (Å²) in [6, 6.07) is 7.34. The summed E-state index contributed by atoms with van der Waals surface area (Å²) in [4.78, 5) is 12.9.